The van der Waals surface area contributed by atoms with Crippen molar-refractivity contribution in [3.8, 4) is 0 Å². The molecule has 1 aliphatic carbocycles. The van der Waals surface area contributed by atoms with Crippen molar-refractivity contribution in [3.63, 3.8) is 0 Å². The maximum atomic E-state index is 5.39. The van der Waals surface area contributed by atoms with E-state index in [4.69, 9.17) is 4.74 Å². The Labute approximate surface area is 108 Å². The van der Waals surface area contributed by atoms with Crippen molar-refractivity contribution in [2.75, 3.05) is 31.2 Å². The minimum absolute atomic E-state index is 0.755. The van der Waals surface area contributed by atoms with Gasteiger partial charge in [-0.15, -0.1) is 0 Å². The van der Waals surface area contributed by atoms with Crippen LogP contribution in [0, 0.1) is 6.92 Å². The molecule has 0 unspecified atom stereocenters. The number of rotatable bonds is 4. The second-order valence-corrected chi connectivity index (χ2v) is 5.23. The monoisotopic (exact) mass is 247 g/mol. The van der Waals surface area contributed by atoms with E-state index in [-0.39, 0.29) is 0 Å². The first kappa shape index (κ1) is 11.9. The van der Waals surface area contributed by atoms with Gasteiger partial charge in [-0.3, -0.25) is 0 Å². The molecular formula is C14H21N3O. The van der Waals surface area contributed by atoms with Gasteiger partial charge in [-0.25, -0.2) is 4.98 Å². The summed E-state index contributed by atoms with van der Waals surface area (Å²) in [6.07, 6.45) is 2.67. The van der Waals surface area contributed by atoms with E-state index in [2.05, 4.69) is 34.3 Å². The highest BCUT2D eigenvalue weighted by Crippen LogP contribution is 2.21. The van der Waals surface area contributed by atoms with Crippen molar-refractivity contribution in [1.82, 2.24) is 10.3 Å². The summed E-state index contributed by atoms with van der Waals surface area (Å²) in [6, 6.07) is 5.15. The number of hydrogen-bond donors (Lipinski definition) is 1. The highest BCUT2D eigenvalue weighted by molar-refractivity contribution is 5.43. The Morgan fingerprint density at radius 2 is 2.11 bits per heavy atom. The van der Waals surface area contributed by atoms with Crippen molar-refractivity contribution >= 4 is 5.82 Å². The summed E-state index contributed by atoms with van der Waals surface area (Å²) in [5, 5.41) is 3.56. The largest absolute Gasteiger partial charge is 0.378 e. The number of pyridine rings is 1. The first-order valence-electron chi connectivity index (χ1n) is 6.85. The van der Waals surface area contributed by atoms with Gasteiger partial charge in [0.25, 0.3) is 0 Å². The molecule has 4 heteroatoms. The zero-order valence-corrected chi connectivity index (χ0v) is 11.0. The summed E-state index contributed by atoms with van der Waals surface area (Å²) in [6.45, 7) is 6.56. The summed E-state index contributed by atoms with van der Waals surface area (Å²) >= 11 is 0. The second kappa shape index (κ2) is 5.24. The van der Waals surface area contributed by atoms with Gasteiger partial charge in [-0.2, -0.15) is 0 Å². The number of nitrogens with one attached hydrogen (secondary N) is 1. The second-order valence-electron chi connectivity index (χ2n) is 5.23. The average molecular weight is 247 g/mol. The highest BCUT2D eigenvalue weighted by atomic mass is 16.5. The summed E-state index contributed by atoms with van der Waals surface area (Å²) in [5.41, 5.74) is 2.45. The van der Waals surface area contributed by atoms with Crippen LogP contribution in [-0.2, 0) is 11.3 Å². The molecule has 4 nitrogen and oxygen atoms in total. The molecular weight excluding hydrogens is 226 g/mol. The van der Waals surface area contributed by atoms with Crippen LogP contribution in [-0.4, -0.2) is 37.3 Å². The van der Waals surface area contributed by atoms with Crippen LogP contribution < -0.4 is 10.2 Å². The molecule has 1 aromatic rings. The molecule has 2 heterocycles. The lowest BCUT2D eigenvalue weighted by Crippen LogP contribution is -2.37. The third kappa shape index (κ3) is 3.00. The number of morpholine rings is 1. The molecule has 1 aromatic heterocycles. The molecule has 2 aliphatic rings. The number of aromatic nitrogens is 1. The summed E-state index contributed by atoms with van der Waals surface area (Å²) in [4.78, 5) is 6.96. The van der Waals surface area contributed by atoms with E-state index in [1.54, 1.807) is 0 Å². The number of hydrogen-bond acceptors (Lipinski definition) is 4. The zero-order chi connectivity index (χ0) is 12.4. The van der Waals surface area contributed by atoms with Crippen LogP contribution in [0.4, 0.5) is 5.82 Å². The normalized spacial score (nSPS) is 20.2. The quantitative estimate of drug-likeness (QED) is 0.874. The van der Waals surface area contributed by atoms with Crippen molar-refractivity contribution < 1.29 is 4.74 Å². The lowest BCUT2D eigenvalue weighted by Gasteiger charge is -2.28. The standard InChI is InChI=1S/C14H21N3O/c1-11-8-12(10-15-13-2-3-13)9-14(16-11)17-4-6-18-7-5-17/h8-9,13,15H,2-7,10H2,1H3. The van der Waals surface area contributed by atoms with Gasteiger partial charge < -0.3 is 15.0 Å². The predicted octanol–water partition coefficient (Wildman–Crippen LogP) is 1.48. The molecule has 98 valence electrons. The molecule has 1 saturated carbocycles. The van der Waals surface area contributed by atoms with Gasteiger partial charge in [0.15, 0.2) is 0 Å². The van der Waals surface area contributed by atoms with E-state index in [1.165, 1.54) is 18.4 Å². The molecule has 18 heavy (non-hydrogen) atoms. The summed E-state index contributed by atoms with van der Waals surface area (Å²) in [7, 11) is 0. The van der Waals surface area contributed by atoms with Crippen LogP contribution in [0.3, 0.4) is 0 Å². The fraction of sp³-hybridized carbons (Fsp3) is 0.643. The number of anilines is 1. The van der Waals surface area contributed by atoms with Crippen molar-refractivity contribution in [2.24, 2.45) is 0 Å². The van der Waals surface area contributed by atoms with E-state index in [9.17, 15) is 0 Å². The Bertz CT molecular complexity index is 412. The van der Waals surface area contributed by atoms with Crippen LogP contribution in [0.1, 0.15) is 24.1 Å². The van der Waals surface area contributed by atoms with Crippen molar-refractivity contribution in [1.29, 1.82) is 0 Å². The molecule has 0 atom stereocenters. The van der Waals surface area contributed by atoms with E-state index in [0.717, 1.165) is 50.4 Å². The number of ether oxygens (including phenoxy) is 1. The molecule has 0 aromatic carbocycles. The van der Waals surface area contributed by atoms with E-state index < -0.39 is 0 Å². The van der Waals surface area contributed by atoms with Crippen LogP contribution >= 0.6 is 0 Å². The fourth-order valence-electron chi connectivity index (χ4n) is 2.33. The van der Waals surface area contributed by atoms with Crippen LogP contribution in [0.5, 0.6) is 0 Å². The van der Waals surface area contributed by atoms with Gasteiger partial charge in [0.2, 0.25) is 0 Å². The molecule has 0 bridgehead atoms. The molecule has 0 radical (unpaired) electrons. The zero-order valence-electron chi connectivity index (χ0n) is 11.0. The Kier molecular flexibility index (Phi) is 3.48. The number of nitrogens with zero attached hydrogens (tertiary/aromatic N) is 2. The Morgan fingerprint density at radius 1 is 1.33 bits per heavy atom. The third-order valence-electron chi connectivity index (χ3n) is 3.51. The Balaban J connectivity index is 1.71. The maximum Gasteiger partial charge on any atom is 0.129 e. The van der Waals surface area contributed by atoms with Crippen molar-refractivity contribution in [3.05, 3.63) is 23.4 Å². The van der Waals surface area contributed by atoms with Crippen LogP contribution in [0.15, 0.2) is 12.1 Å². The van der Waals surface area contributed by atoms with E-state index in [0.29, 0.717) is 0 Å². The van der Waals surface area contributed by atoms with Gasteiger partial charge in [0, 0.05) is 31.4 Å². The summed E-state index contributed by atoms with van der Waals surface area (Å²) < 4.78 is 5.39. The highest BCUT2D eigenvalue weighted by Gasteiger charge is 2.20. The molecule has 0 spiro atoms. The van der Waals surface area contributed by atoms with Crippen molar-refractivity contribution in [2.45, 2.75) is 32.4 Å². The first-order valence-corrected chi connectivity index (χ1v) is 6.85. The molecule has 1 saturated heterocycles. The van der Waals surface area contributed by atoms with Gasteiger partial charge >= 0.3 is 0 Å². The summed E-state index contributed by atoms with van der Waals surface area (Å²) in [5.74, 6) is 1.10. The van der Waals surface area contributed by atoms with E-state index >= 15 is 0 Å². The van der Waals surface area contributed by atoms with Gasteiger partial charge in [-0.1, -0.05) is 0 Å². The lowest BCUT2D eigenvalue weighted by atomic mass is 10.2. The van der Waals surface area contributed by atoms with Gasteiger partial charge in [0.05, 0.1) is 13.2 Å². The van der Waals surface area contributed by atoms with Crippen LogP contribution in [0.2, 0.25) is 0 Å². The maximum absolute atomic E-state index is 5.39. The fourth-order valence-corrected chi connectivity index (χ4v) is 2.33. The smallest absolute Gasteiger partial charge is 0.129 e. The predicted molar refractivity (Wildman–Crippen MR) is 71.9 cm³/mol. The average Bonchev–Trinajstić information content (AvgIpc) is 3.21. The molecule has 3 rings (SSSR count). The first-order chi connectivity index (χ1) is 8.81. The Morgan fingerprint density at radius 3 is 2.83 bits per heavy atom. The SMILES string of the molecule is Cc1cc(CNC2CC2)cc(N2CCOCC2)n1. The van der Waals surface area contributed by atoms with Gasteiger partial charge in [0.1, 0.15) is 5.82 Å². The third-order valence-corrected chi connectivity index (χ3v) is 3.51. The Hall–Kier alpha value is -1.13. The lowest BCUT2D eigenvalue weighted by molar-refractivity contribution is 0.122. The minimum atomic E-state index is 0.755. The van der Waals surface area contributed by atoms with Crippen LogP contribution in [0.25, 0.3) is 0 Å². The topological polar surface area (TPSA) is 37.4 Å². The molecule has 1 N–H and O–H groups in total. The molecule has 2 fully saturated rings. The molecule has 0 amide bonds. The minimum Gasteiger partial charge on any atom is -0.378 e. The van der Waals surface area contributed by atoms with Gasteiger partial charge in [-0.05, 0) is 37.5 Å². The van der Waals surface area contributed by atoms with E-state index in [1.807, 2.05) is 0 Å². The number of aryl methyl sites for hydroxylation is 1. The molecule has 1 aliphatic heterocycles.